The Morgan fingerprint density at radius 3 is 1.94 bits per heavy atom. The zero-order valence-corrected chi connectivity index (χ0v) is 17.4. The van der Waals surface area contributed by atoms with Gasteiger partial charge in [0.25, 0.3) is 26.1 Å². The molecule has 0 fully saturated rings. The van der Waals surface area contributed by atoms with Crippen LogP contribution in [0.2, 0.25) is 0 Å². The minimum absolute atomic E-state index is 0.0483. The van der Waals surface area contributed by atoms with E-state index in [0.29, 0.717) is 0 Å². The average Bonchev–Trinajstić information content (AvgIpc) is 2.66. The lowest BCUT2D eigenvalue weighted by molar-refractivity contribution is 0.101. The quantitative estimate of drug-likeness (QED) is 0.326. The van der Waals surface area contributed by atoms with Crippen molar-refractivity contribution in [1.29, 1.82) is 0 Å². The van der Waals surface area contributed by atoms with Crippen molar-refractivity contribution >= 4 is 48.4 Å². The van der Waals surface area contributed by atoms with E-state index in [4.69, 9.17) is 0 Å². The lowest BCUT2D eigenvalue weighted by atomic mass is 10.1. The molecule has 0 bridgehead atoms. The third-order valence-electron chi connectivity index (χ3n) is 4.35. The van der Waals surface area contributed by atoms with Gasteiger partial charge >= 0.3 is 0 Å². The SMILES string of the molecule is CC(=O)c1cccc(C(=O)Nc2cc(S(=O)(=O)O)cc3cc(S(=O)(=O)O)cc(O)c23)c1. The highest BCUT2D eigenvalue weighted by molar-refractivity contribution is 7.86. The van der Waals surface area contributed by atoms with Crippen LogP contribution in [-0.4, -0.2) is 42.7 Å². The number of amides is 1. The zero-order chi connectivity index (χ0) is 23.1. The Hall–Kier alpha value is -3.32. The monoisotopic (exact) mass is 465 g/mol. The van der Waals surface area contributed by atoms with Gasteiger partial charge in [0.2, 0.25) is 0 Å². The van der Waals surface area contributed by atoms with Crippen molar-refractivity contribution in [2.24, 2.45) is 0 Å². The topological polar surface area (TPSA) is 175 Å². The largest absolute Gasteiger partial charge is 0.507 e. The Balaban J connectivity index is 2.22. The van der Waals surface area contributed by atoms with E-state index in [1.165, 1.54) is 31.2 Å². The zero-order valence-electron chi connectivity index (χ0n) is 15.7. The van der Waals surface area contributed by atoms with Gasteiger partial charge in [-0.15, -0.1) is 0 Å². The first kappa shape index (κ1) is 22.4. The predicted octanol–water partition coefficient (Wildman–Crippen LogP) is 2.49. The number of aromatic hydroxyl groups is 1. The molecule has 0 heterocycles. The molecular formula is C19H15NO9S2. The second-order valence-electron chi connectivity index (χ2n) is 6.55. The molecule has 10 nitrogen and oxygen atoms in total. The maximum absolute atomic E-state index is 12.7. The number of Topliss-reactive ketones (excluding diaryl/α,β-unsaturated/α-hetero) is 1. The molecule has 0 unspecified atom stereocenters. The van der Waals surface area contributed by atoms with Crippen LogP contribution in [0.1, 0.15) is 27.6 Å². The summed E-state index contributed by atoms with van der Waals surface area (Å²) < 4.78 is 64.8. The number of rotatable bonds is 5. The number of carbonyl (C=O) groups excluding carboxylic acids is 2. The lowest BCUT2D eigenvalue weighted by Gasteiger charge is -2.13. The number of nitrogens with one attached hydrogen (secondary N) is 1. The van der Waals surface area contributed by atoms with E-state index in [-0.39, 0.29) is 33.4 Å². The van der Waals surface area contributed by atoms with E-state index >= 15 is 0 Å². The number of phenols is 1. The van der Waals surface area contributed by atoms with Gasteiger partial charge in [0, 0.05) is 22.6 Å². The third-order valence-corrected chi connectivity index (χ3v) is 6.01. The van der Waals surface area contributed by atoms with Crippen LogP contribution in [0.3, 0.4) is 0 Å². The number of ketones is 1. The van der Waals surface area contributed by atoms with Gasteiger partial charge < -0.3 is 10.4 Å². The van der Waals surface area contributed by atoms with Gasteiger partial charge in [-0.2, -0.15) is 16.8 Å². The molecule has 0 atom stereocenters. The highest BCUT2D eigenvalue weighted by Crippen LogP contribution is 2.36. The number of hydrogen-bond donors (Lipinski definition) is 4. The van der Waals surface area contributed by atoms with Gasteiger partial charge in [-0.05, 0) is 42.6 Å². The summed E-state index contributed by atoms with van der Waals surface area (Å²) in [5.74, 6) is -1.74. The molecule has 4 N–H and O–H groups in total. The second-order valence-corrected chi connectivity index (χ2v) is 9.40. The molecule has 31 heavy (non-hydrogen) atoms. The van der Waals surface area contributed by atoms with Crippen LogP contribution in [0.5, 0.6) is 5.75 Å². The molecule has 12 heteroatoms. The number of fused-ring (bicyclic) bond motifs is 1. The van der Waals surface area contributed by atoms with Crippen molar-refractivity contribution in [3.8, 4) is 5.75 Å². The van der Waals surface area contributed by atoms with Crippen LogP contribution in [0.15, 0.2) is 58.3 Å². The van der Waals surface area contributed by atoms with Crippen LogP contribution < -0.4 is 5.32 Å². The summed E-state index contributed by atoms with van der Waals surface area (Å²) in [6.45, 7) is 1.31. The number of hydrogen-bond acceptors (Lipinski definition) is 7. The Labute approximate surface area is 176 Å². The molecule has 0 aromatic heterocycles. The van der Waals surface area contributed by atoms with Gasteiger partial charge in [0.1, 0.15) is 5.75 Å². The van der Waals surface area contributed by atoms with E-state index in [2.05, 4.69) is 5.32 Å². The van der Waals surface area contributed by atoms with E-state index in [1.807, 2.05) is 0 Å². The fraction of sp³-hybridized carbons (Fsp3) is 0.0526. The molecule has 0 aliphatic carbocycles. The first-order valence-electron chi connectivity index (χ1n) is 8.45. The van der Waals surface area contributed by atoms with Crippen LogP contribution in [0.25, 0.3) is 10.8 Å². The molecule has 0 aliphatic rings. The number of carbonyl (C=O) groups is 2. The minimum atomic E-state index is -4.79. The Kier molecular flexibility index (Phi) is 5.58. The molecule has 3 rings (SSSR count). The summed E-state index contributed by atoms with van der Waals surface area (Å²) in [4.78, 5) is 22.8. The molecule has 0 aliphatic heterocycles. The van der Waals surface area contributed by atoms with Crippen molar-refractivity contribution in [2.45, 2.75) is 16.7 Å². The fourth-order valence-electron chi connectivity index (χ4n) is 2.91. The standard InChI is InChI=1S/C19H15NO9S2/c1-10(21)11-3-2-4-12(5-11)19(23)20-16-8-14(30(24,25)26)6-13-7-15(31(27,28)29)9-17(22)18(13)16/h2-9,22H,1H3,(H,20,23)(H,24,25,26)(H,27,28,29). The van der Waals surface area contributed by atoms with Crippen molar-refractivity contribution in [3.05, 3.63) is 59.7 Å². The summed E-state index contributed by atoms with van der Waals surface area (Å²) in [7, 11) is -9.53. The van der Waals surface area contributed by atoms with E-state index < -0.39 is 41.7 Å². The number of anilines is 1. The minimum Gasteiger partial charge on any atom is -0.507 e. The van der Waals surface area contributed by atoms with Crippen molar-refractivity contribution in [1.82, 2.24) is 0 Å². The third kappa shape index (κ3) is 4.72. The fourth-order valence-corrected chi connectivity index (χ4v) is 3.99. The molecule has 0 spiro atoms. The van der Waals surface area contributed by atoms with Gasteiger partial charge in [-0.1, -0.05) is 12.1 Å². The van der Waals surface area contributed by atoms with Crippen molar-refractivity contribution in [2.75, 3.05) is 5.32 Å². The lowest BCUT2D eigenvalue weighted by Crippen LogP contribution is -2.13. The van der Waals surface area contributed by atoms with E-state index in [9.17, 15) is 40.6 Å². The summed E-state index contributed by atoms with van der Waals surface area (Å²) in [6, 6.07) is 8.99. The first-order valence-corrected chi connectivity index (χ1v) is 11.3. The molecule has 3 aromatic carbocycles. The van der Waals surface area contributed by atoms with Crippen LogP contribution in [0.4, 0.5) is 5.69 Å². The number of phenolic OH excluding ortho intramolecular Hbond substituents is 1. The van der Waals surface area contributed by atoms with Gasteiger partial charge in [0.15, 0.2) is 5.78 Å². The summed E-state index contributed by atoms with van der Waals surface area (Å²) in [5, 5.41) is 12.3. The van der Waals surface area contributed by atoms with Crippen molar-refractivity contribution < 1.29 is 40.6 Å². The molecule has 1 amide bonds. The second kappa shape index (κ2) is 7.74. The van der Waals surface area contributed by atoms with E-state index in [0.717, 1.165) is 24.3 Å². The Morgan fingerprint density at radius 2 is 1.39 bits per heavy atom. The Bertz CT molecular complexity index is 1450. The average molecular weight is 465 g/mol. The molecule has 162 valence electrons. The Morgan fingerprint density at radius 1 is 0.839 bits per heavy atom. The van der Waals surface area contributed by atoms with Gasteiger partial charge in [-0.25, -0.2) is 0 Å². The predicted molar refractivity (Wildman–Crippen MR) is 110 cm³/mol. The molecule has 0 saturated carbocycles. The van der Waals surface area contributed by atoms with Crippen LogP contribution in [0, 0.1) is 0 Å². The highest BCUT2D eigenvalue weighted by atomic mass is 32.2. The molecular weight excluding hydrogens is 450 g/mol. The van der Waals surface area contributed by atoms with Gasteiger partial charge in [-0.3, -0.25) is 18.7 Å². The van der Waals surface area contributed by atoms with Crippen LogP contribution >= 0.6 is 0 Å². The molecule has 3 aromatic rings. The summed E-state index contributed by atoms with van der Waals surface area (Å²) in [5.41, 5.74) is 0.0414. The van der Waals surface area contributed by atoms with Crippen molar-refractivity contribution in [3.63, 3.8) is 0 Å². The normalized spacial score (nSPS) is 12.0. The van der Waals surface area contributed by atoms with E-state index in [1.54, 1.807) is 0 Å². The molecule has 0 saturated heterocycles. The maximum atomic E-state index is 12.7. The summed E-state index contributed by atoms with van der Waals surface area (Å²) >= 11 is 0. The van der Waals surface area contributed by atoms with Gasteiger partial charge in [0.05, 0.1) is 15.5 Å². The first-order chi connectivity index (χ1) is 14.3. The van der Waals surface area contributed by atoms with Crippen LogP contribution in [-0.2, 0) is 20.2 Å². The molecule has 0 radical (unpaired) electrons. The smallest absolute Gasteiger partial charge is 0.294 e. The number of benzene rings is 3. The highest BCUT2D eigenvalue weighted by Gasteiger charge is 2.21. The maximum Gasteiger partial charge on any atom is 0.294 e. The summed E-state index contributed by atoms with van der Waals surface area (Å²) in [6.07, 6.45) is 0.